The molecule has 132 valence electrons. The van der Waals surface area contributed by atoms with Gasteiger partial charge in [-0.05, 0) is 36.4 Å². The van der Waals surface area contributed by atoms with Crippen LogP contribution in [0.5, 0.6) is 0 Å². The summed E-state index contributed by atoms with van der Waals surface area (Å²) in [6.07, 6.45) is 0. The molecule has 0 spiro atoms. The topological polar surface area (TPSA) is 90.9 Å². The summed E-state index contributed by atoms with van der Waals surface area (Å²) >= 11 is 1.36. The number of hydrogen-bond donors (Lipinski definition) is 0. The first-order valence-electron chi connectivity index (χ1n) is 8.00. The van der Waals surface area contributed by atoms with Gasteiger partial charge in [0.25, 0.3) is 11.6 Å². The summed E-state index contributed by atoms with van der Waals surface area (Å²) in [5.41, 5.74) is 1.79. The average Bonchev–Trinajstić information content (AvgIpc) is 3.12. The zero-order chi connectivity index (χ0) is 18.8. The van der Waals surface area contributed by atoms with Crippen LogP contribution >= 0.6 is 11.8 Å². The molecule has 0 aliphatic carbocycles. The molecular weight excluding hydrogens is 364 g/mol. The van der Waals surface area contributed by atoms with Crippen LogP contribution in [0.1, 0.15) is 10.4 Å². The number of benzene rings is 3. The molecule has 0 bridgehead atoms. The summed E-state index contributed by atoms with van der Waals surface area (Å²) in [6, 6.07) is 20.6. The van der Waals surface area contributed by atoms with Gasteiger partial charge in [0.15, 0.2) is 0 Å². The molecular formula is C19H12N4O3S. The highest BCUT2D eigenvalue weighted by molar-refractivity contribution is 7.99. The normalized spacial score (nSPS) is 10.8. The molecule has 0 saturated heterocycles. The molecule has 0 aliphatic rings. The standard InChI is InChI=1S/C19H12N4O3S/c24-19(22-17-7-3-2-6-16(17)20-21-22)15-5-1-4-8-18(15)27-14-11-9-13(10-12-14)23(25)26/h1-12H. The Morgan fingerprint density at radius 3 is 2.44 bits per heavy atom. The van der Waals surface area contributed by atoms with Crippen LogP contribution in [0.15, 0.2) is 82.6 Å². The molecule has 0 unspecified atom stereocenters. The lowest BCUT2D eigenvalue weighted by atomic mass is 10.2. The van der Waals surface area contributed by atoms with Gasteiger partial charge in [0, 0.05) is 21.9 Å². The van der Waals surface area contributed by atoms with E-state index in [0.717, 1.165) is 9.79 Å². The zero-order valence-electron chi connectivity index (χ0n) is 13.9. The van der Waals surface area contributed by atoms with Crippen LogP contribution in [0.25, 0.3) is 11.0 Å². The minimum atomic E-state index is -0.443. The van der Waals surface area contributed by atoms with E-state index in [1.165, 1.54) is 28.6 Å². The first kappa shape index (κ1) is 16.9. The minimum absolute atomic E-state index is 0.0257. The number of nitrogens with zero attached hydrogens (tertiary/aromatic N) is 4. The Labute approximate surface area is 157 Å². The maximum Gasteiger partial charge on any atom is 0.281 e. The molecule has 0 aliphatic heterocycles. The summed E-state index contributed by atoms with van der Waals surface area (Å²) in [4.78, 5) is 24.9. The van der Waals surface area contributed by atoms with Gasteiger partial charge in [-0.25, -0.2) is 0 Å². The second-order valence-corrected chi connectivity index (χ2v) is 6.76. The molecule has 0 amide bonds. The van der Waals surface area contributed by atoms with Gasteiger partial charge in [0.1, 0.15) is 5.52 Å². The van der Waals surface area contributed by atoms with Crippen LogP contribution in [-0.2, 0) is 0 Å². The second kappa shape index (κ2) is 7.00. The van der Waals surface area contributed by atoms with Crippen molar-refractivity contribution < 1.29 is 9.72 Å². The van der Waals surface area contributed by atoms with Crippen molar-refractivity contribution in [1.29, 1.82) is 0 Å². The molecule has 8 heteroatoms. The van der Waals surface area contributed by atoms with E-state index in [2.05, 4.69) is 10.3 Å². The molecule has 0 radical (unpaired) electrons. The van der Waals surface area contributed by atoms with Crippen LogP contribution < -0.4 is 0 Å². The number of rotatable bonds is 4. The Hall–Kier alpha value is -3.52. The van der Waals surface area contributed by atoms with Crippen LogP contribution in [0.2, 0.25) is 0 Å². The summed E-state index contributed by atoms with van der Waals surface area (Å²) < 4.78 is 1.28. The molecule has 4 aromatic rings. The second-order valence-electron chi connectivity index (χ2n) is 5.64. The van der Waals surface area contributed by atoms with Crippen LogP contribution in [0.3, 0.4) is 0 Å². The lowest BCUT2D eigenvalue weighted by molar-refractivity contribution is -0.384. The van der Waals surface area contributed by atoms with E-state index < -0.39 is 4.92 Å². The minimum Gasteiger partial charge on any atom is -0.267 e. The number of fused-ring (bicyclic) bond motifs is 1. The van der Waals surface area contributed by atoms with E-state index >= 15 is 0 Å². The Morgan fingerprint density at radius 1 is 0.963 bits per heavy atom. The average molecular weight is 376 g/mol. The molecule has 1 heterocycles. The third kappa shape index (κ3) is 3.30. The van der Waals surface area contributed by atoms with Crippen molar-refractivity contribution in [1.82, 2.24) is 15.0 Å². The fraction of sp³-hybridized carbons (Fsp3) is 0. The number of carbonyl (C=O) groups excluding carboxylic acids is 1. The third-order valence-corrected chi connectivity index (χ3v) is 5.02. The number of nitro benzene ring substituents is 1. The lowest BCUT2D eigenvalue weighted by Crippen LogP contribution is -2.14. The van der Waals surface area contributed by atoms with Crippen LogP contribution in [0.4, 0.5) is 5.69 Å². The van der Waals surface area contributed by atoms with Crippen molar-refractivity contribution >= 4 is 34.4 Å². The van der Waals surface area contributed by atoms with Gasteiger partial charge in [-0.3, -0.25) is 14.9 Å². The summed E-state index contributed by atoms with van der Waals surface area (Å²) in [5.74, 6) is -0.284. The number of carbonyl (C=O) groups is 1. The monoisotopic (exact) mass is 376 g/mol. The Kier molecular flexibility index (Phi) is 4.39. The predicted molar refractivity (Wildman–Crippen MR) is 101 cm³/mol. The molecule has 4 rings (SSSR count). The fourth-order valence-electron chi connectivity index (χ4n) is 2.63. The highest BCUT2D eigenvalue weighted by Crippen LogP contribution is 2.32. The summed E-state index contributed by atoms with van der Waals surface area (Å²) in [7, 11) is 0. The highest BCUT2D eigenvalue weighted by atomic mass is 32.2. The maximum absolute atomic E-state index is 13.0. The maximum atomic E-state index is 13.0. The smallest absolute Gasteiger partial charge is 0.267 e. The van der Waals surface area contributed by atoms with Crippen LogP contribution in [0, 0.1) is 10.1 Å². The van der Waals surface area contributed by atoms with Crippen molar-refractivity contribution in [3.63, 3.8) is 0 Å². The SMILES string of the molecule is O=C(c1ccccc1Sc1ccc([N+](=O)[O-])cc1)n1nnc2ccccc21. The van der Waals surface area contributed by atoms with Crippen molar-refractivity contribution in [3.05, 3.63) is 88.5 Å². The molecule has 0 saturated carbocycles. The van der Waals surface area contributed by atoms with Gasteiger partial charge in [-0.15, -0.1) is 5.10 Å². The first-order chi connectivity index (χ1) is 13.1. The number of nitro groups is 1. The number of hydrogen-bond acceptors (Lipinski definition) is 6. The van der Waals surface area contributed by atoms with Crippen molar-refractivity contribution in [2.45, 2.75) is 9.79 Å². The quantitative estimate of drug-likeness (QED) is 0.392. The predicted octanol–water partition coefficient (Wildman–Crippen LogP) is 4.18. The van der Waals surface area contributed by atoms with Gasteiger partial charge in [0.05, 0.1) is 16.0 Å². The fourth-order valence-corrected chi connectivity index (χ4v) is 3.57. The Bertz CT molecular complexity index is 1160. The van der Waals surface area contributed by atoms with E-state index in [-0.39, 0.29) is 11.6 Å². The van der Waals surface area contributed by atoms with Crippen molar-refractivity contribution in [3.8, 4) is 0 Å². The summed E-state index contributed by atoms with van der Waals surface area (Å²) in [5, 5.41) is 18.8. The number of para-hydroxylation sites is 1. The zero-order valence-corrected chi connectivity index (χ0v) is 14.7. The van der Waals surface area contributed by atoms with Gasteiger partial charge < -0.3 is 0 Å². The largest absolute Gasteiger partial charge is 0.281 e. The Morgan fingerprint density at radius 2 is 1.67 bits per heavy atom. The van der Waals surface area contributed by atoms with Crippen molar-refractivity contribution in [2.24, 2.45) is 0 Å². The Balaban J connectivity index is 1.68. The molecule has 0 N–H and O–H groups in total. The van der Waals surface area contributed by atoms with Crippen molar-refractivity contribution in [2.75, 3.05) is 0 Å². The van der Waals surface area contributed by atoms with Gasteiger partial charge in [0.2, 0.25) is 0 Å². The van der Waals surface area contributed by atoms with Gasteiger partial charge in [-0.1, -0.05) is 41.2 Å². The molecule has 0 fully saturated rings. The van der Waals surface area contributed by atoms with E-state index in [0.29, 0.717) is 16.6 Å². The molecule has 7 nitrogen and oxygen atoms in total. The molecule has 0 atom stereocenters. The lowest BCUT2D eigenvalue weighted by Gasteiger charge is -2.08. The van der Waals surface area contributed by atoms with E-state index in [9.17, 15) is 14.9 Å². The van der Waals surface area contributed by atoms with E-state index in [1.54, 1.807) is 36.4 Å². The highest BCUT2D eigenvalue weighted by Gasteiger charge is 2.18. The number of aromatic nitrogens is 3. The molecule has 3 aromatic carbocycles. The van der Waals surface area contributed by atoms with E-state index in [4.69, 9.17) is 0 Å². The third-order valence-electron chi connectivity index (χ3n) is 3.94. The van der Waals surface area contributed by atoms with E-state index in [1.807, 2.05) is 24.3 Å². The molecule has 27 heavy (non-hydrogen) atoms. The first-order valence-corrected chi connectivity index (χ1v) is 8.81. The summed E-state index contributed by atoms with van der Waals surface area (Å²) in [6.45, 7) is 0. The molecule has 1 aromatic heterocycles. The number of non-ortho nitro benzene ring substituents is 1. The van der Waals surface area contributed by atoms with Gasteiger partial charge in [-0.2, -0.15) is 4.68 Å². The van der Waals surface area contributed by atoms with Crippen LogP contribution in [-0.4, -0.2) is 25.8 Å². The van der Waals surface area contributed by atoms with Gasteiger partial charge >= 0.3 is 0 Å².